The van der Waals surface area contributed by atoms with Gasteiger partial charge in [0.25, 0.3) is 0 Å². The lowest BCUT2D eigenvalue weighted by Gasteiger charge is -2.20. The highest BCUT2D eigenvalue weighted by Crippen LogP contribution is 2.24. The molecule has 0 heterocycles. The van der Waals surface area contributed by atoms with Crippen LogP contribution in [0.2, 0.25) is 0 Å². The maximum Gasteiger partial charge on any atom is -0.00746 e. The highest BCUT2D eigenvalue weighted by molar-refractivity contribution is 4.65. The fraction of sp³-hybridized carbons (Fsp3) is 1.00. The van der Waals surface area contributed by atoms with Crippen LogP contribution < -0.4 is 11.5 Å². The fourth-order valence-electron chi connectivity index (χ4n) is 2.95. The third-order valence-corrected chi connectivity index (χ3v) is 4.35. The van der Waals surface area contributed by atoms with Crippen molar-refractivity contribution in [1.29, 1.82) is 0 Å². The summed E-state index contributed by atoms with van der Waals surface area (Å²) in [7, 11) is 0. The maximum absolute atomic E-state index is 5.66. The Labute approximate surface area is 115 Å². The smallest absolute Gasteiger partial charge is 0.00746 e. The standard InChI is InChI=1S/C16H36N2/c1-4-15(9-11-17)8-6-7-14(3)13-16(5-2)10-12-18/h14-16H,4-13,17-18H2,1-3H3. The topological polar surface area (TPSA) is 52.0 Å². The highest BCUT2D eigenvalue weighted by atomic mass is 14.5. The average Bonchev–Trinajstić information content (AvgIpc) is 2.37. The van der Waals surface area contributed by atoms with Crippen molar-refractivity contribution in [3.8, 4) is 0 Å². The zero-order valence-corrected chi connectivity index (χ0v) is 13.0. The van der Waals surface area contributed by atoms with Crippen molar-refractivity contribution in [3.05, 3.63) is 0 Å². The molecule has 2 nitrogen and oxygen atoms in total. The molecule has 0 spiro atoms. The third kappa shape index (κ3) is 8.93. The molecular weight excluding hydrogens is 220 g/mol. The van der Waals surface area contributed by atoms with Gasteiger partial charge in [-0.1, -0.05) is 52.9 Å². The van der Waals surface area contributed by atoms with Crippen LogP contribution in [0.5, 0.6) is 0 Å². The van der Waals surface area contributed by atoms with Crippen LogP contribution in [0.3, 0.4) is 0 Å². The van der Waals surface area contributed by atoms with Gasteiger partial charge in [0, 0.05) is 0 Å². The van der Waals surface area contributed by atoms with Crippen LogP contribution in [-0.2, 0) is 0 Å². The van der Waals surface area contributed by atoms with Gasteiger partial charge >= 0.3 is 0 Å². The lowest BCUT2D eigenvalue weighted by Crippen LogP contribution is -2.12. The summed E-state index contributed by atoms with van der Waals surface area (Å²) in [5.41, 5.74) is 11.3. The van der Waals surface area contributed by atoms with Gasteiger partial charge < -0.3 is 11.5 Å². The average molecular weight is 256 g/mol. The second-order valence-corrected chi connectivity index (χ2v) is 5.98. The predicted molar refractivity (Wildman–Crippen MR) is 82.5 cm³/mol. The molecule has 2 heteroatoms. The van der Waals surface area contributed by atoms with E-state index in [1.165, 1.54) is 51.4 Å². The molecule has 0 aromatic rings. The van der Waals surface area contributed by atoms with Gasteiger partial charge in [0.2, 0.25) is 0 Å². The van der Waals surface area contributed by atoms with Crippen molar-refractivity contribution >= 4 is 0 Å². The molecule has 0 aromatic heterocycles. The number of hydrogen-bond acceptors (Lipinski definition) is 2. The molecule has 110 valence electrons. The zero-order chi connectivity index (χ0) is 13.8. The molecule has 3 unspecified atom stereocenters. The molecule has 0 bridgehead atoms. The maximum atomic E-state index is 5.66. The van der Waals surface area contributed by atoms with Crippen LogP contribution in [0.4, 0.5) is 0 Å². The van der Waals surface area contributed by atoms with Crippen LogP contribution in [0, 0.1) is 17.8 Å². The summed E-state index contributed by atoms with van der Waals surface area (Å²) in [6.45, 7) is 8.69. The molecule has 3 atom stereocenters. The SMILES string of the molecule is CCC(CCN)CCCC(C)CC(CC)CCN. The van der Waals surface area contributed by atoms with Gasteiger partial charge in [-0.3, -0.25) is 0 Å². The van der Waals surface area contributed by atoms with E-state index in [-0.39, 0.29) is 0 Å². The summed E-state index contributed by atoms with van der Waals surface area (Å²) in [4.78, 5) is 0. The Morgan fingerprint density at radius 2 is 1.33 bits per heavy atom. The molecule has 0 fully saturated rings. The van der Waals surface area contributed by atoms with Gasteiger partial charge in [-0.05, 0) is 50.1 Å². The van der Waals surface area contributed by atoms with Crippen LogP contribution in [0.25, 0.3) is 0 Å². The molecule has 0 aromatic carbocycles. The molecule has 0 amide bonds. The number of rotatable bonds is 12. The first-order valence-corrected chi connectivity index (χ1v) is 8.07. The fourth-order valence-corrected chi connectivity index (χ4v) is 2.95. The Morgan fingerprint density at radius 3 is 1.83 bits per heavy atom. The molecule has 0 saturated heterocycles. The van der Waals surface area contributed by atoms with E-state index >= 15 is 0 Å². The van der Waals surface area contributed by atoms with Crippen molar-refractivity contribution in [2.75, 3.05) is 13.1 Å². The summed E-state index contributed by atoms with van der Waals surface area (Å²) >= 11 is 0. The van der Waals surface area contributed by atoms with Crippen LogP contribution in [-0.4, -0.2) is 13.1 Å². The minimum atomic E-state index is 0.844. The molecule has 0 saturated carbocycles. The van der Waals surface area contributed by atoms with E-state index in [9.17, 15) is 0 Å². The number of hydrogen-bond donors (Lipinski definition) is 2. The minimum absolute atomic E-state index is 0.844. The van der Waals surface area contributed by atoms with E-state index in [4.69, 9.17) is 11.5 Å². The normalized spacial score (nSPS) is 16.5. The van der Waals surface area contributed by atoms with E-state index in [0.29, 0.717) is 0 Å². The van der Waals surface area contributed by atoms with Gasteiger partial charge in [0.1, 0.15) is 0 Å². The Hall–Kier alpha value is -0.0800. The van der Waals surface area contributed by atoms with Crippen molar-refractivity contribution < 1.29 is 0 Å². The Bertz CT molecular complexity index is 170. The summed E-state index contributed by atoms with van der Waals surface area (Å²) in [5.74, 6) is 2.56. The van der Waals surface area contributed by atoms with E-state index in [0.717, 1.165) is 30.8 Å². The van der Waals surface area contributed by atoms with E-state index < -0.39 is 0 Å². The first-order valence-electron chi connectivity index (χ1n) is 8.07. The molecule has 0 aliphatic carbocycles. The second-order valence-electron chi connectivity index (χ2n) is 5.98. The van der Waals surface area contributed by atoms with Crippen LogP contribution in [0.1, 0.15) is 72.1 Å². The van der Waals surface area contributed by atoms with E-state index in [1.54, 1.807) is 0 Å². The van der Waals surface area contributed by atoms with Crippen molar-refractivity contribution in [2.24, 2.45) is 29.2 Å². The second kappa shape index (κ2) is 12.0. The van der Waals surface area contributed by atoms with Gasteiger partial charge in [-0.2, -0.15) is 0 Å². The first kappa shape index (κ1) is 17.9. The molecule has 4 N–H and O–H groups in total. The van der Waals surface area contributed by atoms with Crippen molar-refractivity contribution in [1.82, 2.24) is 0 Å². The Kier molecular flexibility index (Phi) is 11.9. The van der Waals surface area contributed by atoms with E-state index in [1.807, 2.05) is 0 Å². The molecular formula is C16H36N2. The molecule has 0 aliphatic heterocycles. The largest absolute Gasteiger partial charge is 0.330 e. The van der Waals surface area contributed by atoms with Crippen molar-refractivity contribution in [3.63, 3.8) is 0 Å². The molecule has 0 aliphatic rings. The summed E-state index contributed by atoms with van der Waals surface area (Å²) < 4.78 is 0. The van der Waals surface area contributed by atoms with Crippen molar-refractivity contribution in [2.45, 2.75) is 72.1 Å². The number of nitrogens with two attached hydrogens (primary N) is 2. The third-order valence-electron chi connectivity index (χ3n) is 4.35. The predicted octanol–water partition coefficient (Wildman–Crippen LogP) is 3.93. The summed E-state index contributed by atoms with van der Waals surface area (Å²) in [6.07, 6.45) is 10.5. The Balaban J connectivity index is 3.71. The van der Waals surface area contributed by atoms with Crippen LogP contribution in [0.15, 0.2) is 0 Å². The zero-order valence-electron chi connectivity index (χ0n) is 13.0. The van der Waals surface area contributed by atoms with E-state index in [2.05, 4.69) is 20.8 Å². The molecule has 0 radical (unpaired) electrons. The molecule has 0 rings (SSSR count). The monoisotopic (exact) mass is 256 g/mol. The molecule has 18 heavy (non-hydrogen) atoms. The lowest BCUT2D eigenvalue weighted by atomic mass is 9.87. The first-order chi connectivity index (χ1) is 8.67. The van der Waals surface area contributed by atoms with Gasteiger partial charge in [0.05, 0.1) is 0 Å². The van der Waals surface area contributed by atoms with Gasteiger partial charge in [-0.25, -0.2) is 0 Å². The highest BCUT2D eigenvalue weighted by Gasteiger charge is 2.12. The lowest BCUT2D eigenvalue weighted by molar-refractivity contribution is 0.329. The van der Waals surface area contributed by atoms with Gasteiger partial charge in [-0.15, -0.1) is 0 Å². The quantitative estimate of drug-likeness (QED) is 0.556. The minimum Gasteiger partial charge on any atom is -0.330 e. The van der Waals surface area contributed by atoms with Gasteiger partial charge in [0.15, 0.2) is 0 Å². The summed E-state index contributed by atoms with van der Waals surface area (Å²) in [6, 6.07) is 0. The summed E-state index contributed by atoms with van der Waals surface area (Å²) in [5, 5.41) is 0. The Morgan fingerprint density at radius 1 is 0.778 bits per heavy atom. The van der Waals surface area contributed by atoms with Crippen LogP contribution >= 0.6 is 0 Å².